The van der Waals surface area contributed by atoms with Gasteiger partial charge in [-0.25, -0.2) is 0 Å². The number of aromatic nitrogens is 3. The maximum absolute atomic E-state index is 12.3. The molecule has 3 aromatic rings. The fourth-order valence-electron chi connectivity index (χ4n) is 2.17. The van der Waals surface area contributed by atoms with Crippen molar-refractivity contribution in [3.05, 3.63) is 42.2 Å². The molecule has 0 aliphatic carbocycles. The first-order chi connectivity index (χ1) is 9.94. The number of benzene rings is 1. The van der Waals surface area contributed by atoms with E-state index < -0.39 is 6.36 Å². The van der Waals surface area contributed by atoms with Crippen molar-refractivity contribution in [3.63, 3.8) is 0 Å². The van der Waals surface area contributed by atoms with Crippen molar-refractivity contribution in [1.29, 1.82) is 0 Å². The molecule has 0 saturated carbocycles. The van der Waals surface area contributed by atoms with E-state index in [2.05, 4.69) is 19.9 Å². The van der Waals surface area contributed by atoms with E-state index >= 15 is 0 Å². The highest BCUT2D eigenvalue weighted by Crippen LogP contribution is 2.31. The minimum absolute atomic E-state index is 0.278. The van der Waals surface area contributed by atoms with Crippen LogP contribution in [0, 0.1) is 6.92 Å². The van der Waals surface area contributed by atoms with Crippen molar-refractivity contribution in [2.24, 2.45) is 0 Å². The summed E-state index contributed by atoms with van der Waals surface area (Å²) in [6.07, 6.45) is -3.15. The fourth-order valence-corrected chi connectivity index (χ4v) is 2.17. The van der Waals surface area contributed by atoms with Gasteiger partial charge in [-0.15, -0.1) is 13.2 Å². The Labute approximate surface area is 117 Å². The van der Waals surface area contributed by atoms with Crippen LogP contribution >= 0.6 is 0 Å². The monoisotopic (exact) mass is 293 g/mol. The number of rotatable bonds is 2. The number of nitrogens with one attached hydrogen (secondary N) is 1. The van der Waals surface area contributed by atoms with Crippen molar-refractivity contribution in [2.45, 2.75) is 13.3 Å². The number of fused-ring (bicyclic) bond motifs is 1. The van der Waals surface area contributed by atoms with Crippen molar-refractivity contribution >= 4 is 10.9 Å². The lowest BCUT2D eigenvalue weighted by Gasteiger charge is -2.10. The predicted molar refractivity (Wildman–Crippen MR) is 70.7 cm³/mol. The predicted octanol–water partition coefficient (Wildman–Crippen LogP) is 3.83. The van der Waals surface area contributed by atoms with Crippen LogP contribution in [-0.2, 0) is 0 Å². The van der Waals surface area contributed by atoms with Gasteiger partial charge in [0, 0.05) is 22.8 Å². The maximum Gasteiger partial charge on any atom is 0.573 e. The van der Waals surface area contributed by atoms with Gasteiger partial charge in [0.15, 0.2) is 0 Å². The number of hydrogen-bond donors (Lipinski definition) is 1. The van der Waals surface area contributed by atoms with E-state index in [0.717, 1.165) is 11.1 Å². The van der Waals surface area contributed by atoms with Crippen LogP contribution < -0.4 is 4.74 Å². The summed E-state index contributed by atoms with van der Waals surface area (Å²) in [7, 11) is 0. The van der Waals surface area contributed by atoms with Crippen LogP contribution in [0.15, 0.2) is 36.5 Å². The molecule has 1 N–H and O–H groups in total. The quantitative estimate of drug-likeness (QED) is 0.781. The van der Waals surface area contributed by atoms with E-state index in [9.17, 15) is 13.2 Å². The highest BCUT2D eigenvalue weighted by Gasteiger charge is 2.31. The van der Waals surface area contributed by atoms with E-state index in [4.69, 9.17) is 0 Å². The lowest BCUT2D eigenvalue weighted by Crippen LogP contribution is -2.17. The van der Waals surface area contributed by atoms with Crippen LogP contribution in [-0.4, -0.2) is 21.5 Å². The molecule has 21 heavy (non-hydrogen) atoms. The summed E-state index contributed by atoms with van der Waals surface area (Å²) in [6, 6.07) is 7.46. The van der Waals surface area contributed by atoms with Gasteiger partial charge in [-0.3, -0.25) is 10.1 Å². The Hall–Kier alpha value is -2.57. The standard InChI is InChI=1S/C14H10F3N3O/c1-8-12-11(20-19-8)5-6-18-13(12)9-3-2-4-10(7-9)21-14(15,16)17/h2-7H,1H3,(H,19,20). The van der Waals surface area contributed by atoms with E-state index in [0.29, 0.717) is 16.8 Å². The Morgan fingerprint density at radius 1 is 1.19 bits per heavy atom. The average Bonchev–Trinajstić information content (AvgIpc) is 2.79. The maximum atomic E-state index is 12.3. The van der Waals surface area contributed by atoms with E-state index in [-0.39, 0.29) is 5.75 Å². The summed E-state index contributed by atoms with van der Waals surface area (Å²) in [5.41, 5.74) is 2.60. The van der Waals surface area contributed by atoms with Crippen LogP contribution in [0.1, 0.15) is 5.69 Å². The molecule has 0 spiro atoms. The van der Waals surface area contributed by atoms with Gasteiger partial charge in [0.25, 0.3) is 0 Å². The largest absolute Gasteiger partial charge is 0.573 e. The molecule has 0 fully saturated rings. The molecular formula is C14H10F3N3O. The number of halogens is 3. The molecule has 0 unspecified atom stereocenters. The van der Waals surface area contributed by atoms with Crippen molar-refractivity contribution < 1.29 is 17.9 Å². The van der Waals surface area contributed by atoms with Crippen LogP contribution in [0.5, 0.6) is 5.75 Å². The second kappa shape index (κ2) is 4.76. The third-order valence-electron chi connectivity index (χ3n) is 2.99. The molecule has 0 aliphatic rings. The van der Waals surface area contributed by atoms with Gasteiger partial charge < -0.3 is 4.74 Å². The first-order valence-electron chi connectivity index (χ1n) is 6.10. The van der Waals surface area contributed by atoms with Crippen LogP contribution in [0.3, 0.4) is 0 Å². The van der Waals surface area contributed by atoms with Crippen molar-refractivity contribution in [2.75, 3.05) is 0 Å². The number of hydrogen-bond acceptors (Lipinski definition) is 3. The second-order valence-electron chi connectivity index (χ2n) is 4.48. The Balaban J connectivity index is 2.11. The normalized spacial score (nSPS) is 11.8. The third-order valence-corrected chi connectivity index (χ3v) is 2.99. The van der Waals surface area contributed by atoms with Gasteiger partial charge in [0.1, 0.15) is 5.75 Å². The van der Waals surface area contributed by atoms with Gasteiger partial charge in [-0.05, 0) is 25.1 Å². The molecule has 2 heterocycles. The Morgan fingerprint density at radius 2 is 2.00 bits per heavy atom. The number of H-pyrrole nitrogens is 1. The van der Waals surface area contributed by atoms with Gasteiger partial charge >= 0.3 is 6.36 Å². The molecule has 0 saturated heterocycles. The number of aromatic amines is 1. The van der Waals surface area contributed by atoms with Gasteiger partial charge in [-0.2, -0.15) is 5.10 Å². The van der Waals surface area contributed by atoms with E-state index in [1.54, 1.807) is 18.3 Å². The second-order valence-corrected chi connectivity index (χ2v) is 4.48. The molecular weight excluding hydrogens is 283 g/mol. The molecule has 0 radical (unpaired) electrons. The highest BCUT2D eigenvalue weighted by molar-refractivity contribution is 5.94. The molecule has 2 aromatic heterocycles. The zero-order valence-electron chi connectivity index (χ0n) is 10.9. The molecule has 0 aliphatic heterocycles. The van der Waals surface area contributed by atoms with Gasteiger partial charge in [-0.1, -0.05) is 12.1 Å². The van der Waals surface area contributed by atoms with Crippen LogP contribution in [0.2, 0.25) is 0 Å². The lowest BCUT2D eigenvalue weighted by atomic mass is 10.1. The summed E-state index contributed by atoms with van der Waals surface area (Å²) in [6.45, 7) is 1.83. The topological polar surface area (TPSA) is 50.8 Å². The summed E-state index contributed by atoms with van der Waals surface area (Å²) < 4.78 is 40.8. The molecule has 7 heteroatoms. The van der Waals surface area contributed by atoms with Gasteiger partial charge in [0.2, 0.25) is 0 Å². The summed E-state index contributed by atoms with van der Waals surface area (Å²) >= 11 is 0. The Kier molecular flexibility index (Phi) is 3.04. The number of nitrogens with zero attached hydrogens (tertiary/aromatic N) is 2. The molecule has 0 bridgehead atoms. The van der Waals surface area contributed by atoms with Crippen LogP contribution in [0.25, 0.3) is 22.2 Å². The summed E-state index contributed by atoms with van der Waals surface area (Å²) in [4.78, 5) is 4.25. The zero-order valence-corrected chi connectivity index (χ0v) is 10.9. The third kappa shape index (κ3) is 2.67. The highest BCUT2D eigenvalue weighted by atomic mass is 19.4. The van der Waals surface area contributed by atoms with Gasteiger partial charge in [0.05, 0.1) is 11.2 Å². The van der Waals surface area contributed by atoms with Crippen molar-refractivity contribution in [3.8, 4) is 17.0 Å². The first-order valence-corrected chi connectivity index (χ1v) is 6.10. The molecule has 0 atom stereocenters. The first kappa shape index (κ1) is 13.4. The number of alkyl halides is 3. The van der Waals surface area contributed by atoms with Crippen molar-refractivity contribution in [1.82, 2.24) is 15.2 Å². The SMILES string of the molecule is Cc1[nH]nc2ccnc(-c3cccc(OC(F)(F)F)c3)c12. The van der Waals surface area contributed by atoms with E-state index in [1.807, 2.05) is 6.92 Å². The smallest absolute Gasteiger partial charge is 0.406 e. The molecule has 0 amide bonds. The fraction of sp³-hybridized carbons (Fsp3) is 0.143. The van der Waals surface area contributed by atoms with Crippen LogP contribution in [0.4, 0.5) is 13.2 Å². The molecule has 4 nitrogen and oxygen atoms in total. The molecule has 1 aromatic carbocycles. The zero-order chi connectivity index (χ0) is 15.0. The Bertz CT molecular complexity index is 796. The molecule has 3 rings (SSSR count). The Morgan fingerprint density at radius 3 is 2.76 bits per heavy atom. The number of ether oxygens (including phenoxy) is 1. The average molecular weight is 293 g/mol. The molecule has 108 valence electrons. The minimum Gasteiger partial charge on any atom is -0.406 e. The lowest BCUT2D eigenvalue weighted by molar-refractivity contribution is -0.274. The summed E-state index contributed by atoms with van der Waals surface area (Å²) in [5.74, 6) is -0.278. The number of aryl methyl sites for hydroxylation is 1. The summed E-state index contributed by atoms with van der Waals surface area (Å²) in [5, 5.41) is 7.73. The number of pyridine rings is 1. The minimum atomic E-state index is -4.72. The van der Waals surface area contributed by atoms with E-state index in [1.165, 1.54) is 18.2 Å².